The maximum absolute atomic E-state index is 10.2. The Balaban J connectivity index is 1.83. The lowest BCUT2D eigenvalue weighted by Crippen LogP contribution is -2.20. The fourth-order valence-electron chi connectivity index (χ4n) is 2.01. The minimum Gasteiger partial charge on any atom is -0.497 e. The Labute approximate surface area is 136 Å². The number of nitrogens with one attached hydrogen (secondary N) is 1. The molecule has 0 fully saturated rings. The maximum atomic E-state index is 10.2. The van der Waals surface area contributed by atoms with Crippen molar-refractivity contribution in [3.63, 3.8) is 0 Å². The van der Waals surface area contributed by atoms with Crippen molar-refractivity contribution < 1.29 is 9.84 Å². The van der Waals surface area contributed by atoms with Gasteiger partial charge < -0.3 is 15.2 Å². The molecule has 1 atom stereocenters. The van der Waals surface area contributed by atoms with Gasteiger partial charge in [0.05, 0.1) is 18.2 Å². The van der Waals surface area contributed by atoms with Gasteiger partial charge >= 0.3 is 0 Å². The zero-order chi connectivity index (χ0) is 16.2. The minimum absolute atomic E-state index is 0.0888. The van der Waals surface area contributed by atoms with E-state index in [1.165, 1.54) is 4.88 Å². The summed E-state index contributed by atoms with van der Waals surface area (Å²) in [6.45, 7) is 7.72. The smallest absolute Gasteiger partial charge is 0.118 e. The SMILES string of the molecule is COc1ccc(C(O)CNCc2cnc(C(C)(C)C)s2)cc1. The molecule has 0 aliphatic rings. The number of methoxy groups -OCH3 is 1. The Kier molecular flexibility index (Phi) is 5.56. The van der Waals surface area contributed by atoms with Crippen LogP contribution in [0, 0.1) is 0 Å². The molecule has 1 heterocycles. The molecule has 4 nitrogen and oxygen atoms in total. The van der Waals surface area contributed by atoms with E-state index in [1.807, 2.05) is 30.5 Å². The predicted molar refractivity (Wildman–Crippen MR) is 90.5 cm³/mol. The lowest BCUT2D eigenvalue weighted by Gasteiger charge is -2.14. The second-order valence-corrected chi connectivity index (χ2v) is 7.42. The van der Waals surface area contributed by atoms with E-state index < -0.39 is 6.10 Å². The summed E-state index contributed by atoms with van der Waals surface area (Å²) < 4.78 is 5.11. The first-order valence-corrected chi connectivity index (χ1v) is 8.19. The molecule has 0 spiro atoms. The number of thiazole rings is 1. The summed E-state index contributed by atoms with van der Waals surface area (Å²) in [5.41, 5.74) is 0.971. The third kappa shape index (κ3) is 4.53. The molecule has 0 saturated carbocycles. The summed E-state index contributed by atoms with van der Waals surface area (Å²) in [4.78, 5) is 5.65. The molecule has 0 amide bonds. The maximum Gasteiger partial charge on any atom is 0.118 e. The van der Waals surface area contributed by atoms with Gasteiger partial charge in [0.2, 0.25) is 0 Å². The molecule has 0 bridgehead atoms. The molecule has 120 valence electrons. The average Bonchev–Trinajstić information content (AvgIpc) is 2.96. The molecule has 0 saturated heterocycles. The third-order valence-electron chi connectivity index (χ3n) is 3.33. The van der Waals surface area contributed by atoms with Gasteiger partial charge in [0.15, 0.2) is 0 Å². The van der Waals surface area contributed by atoms with Gasteiger partial charge in [-0.3, -0.25) is 0 Å². The van der Waals surface area contributed by atoms with Crippen molar-refractivity contribution in [1.29, 1.82) is 0 Å². The highest BCUT2D eigenvalue weighted by atomic mass is 32.1. The minimum atomic E-state index is -0.527. The molecule has 2 aromatic rings. The first-order valence-electron chi connectivity index (χ1n) is 7.38. The van der Waals surface area contributed by atoms with E-state index in [1.54, 1.807) is 18.4 Å². The number of benzene rings is 1. The molecule has 0 radical (unpaired) electrons. The van der Waals surface area contributed by atoms with Crippen LogP contribution in [-0.4, -0.2) is 23.7 Å². The molecule has 0 aliphatic heterocycles. The Morgan fingerprint density at radius 1 is 1.27 bits per heavy atom. The lowest BCUT2D eigenvalue weighted by atomic mass is 9.98. The van der Waals surface area contributed by atoms with Gasteiger partial charge in [0.1, 0.15) is 5.75 Å². The van der Waals surface area contributed by atoms with Crippen LogP contribution in [0.2, 0.25) is 0 Å². The van der Waals surface area contributed by atoms with Crippen molar-refractivity contribution in [3.8, 4) is 5.75 Å². The van der Waals surface area contributed by atoms with Crippen molar-refractivity contribution in [1.82, 2.24) is 10.3 Å². The van der Waals surface area contributed by atoms with Crippen molar-refractivity contribution >= 4 is 11.3 Å². The molecule has 0 aliphatic carbocycles. The van der Waals surface area contributed by atoms with Crippen LogP contribution in [0.1, 0.15) is 42.3 Å². The van der Waals surface area contributed by atoms with Crippen molar-refractivity contribution in [2.75, 3.05) is 13.7 Å². The van der Waals surface area contributed by atoms with E-state index >= 15 is 0 Å². The molecule has 22 heavy (non-hydrogen) atoms. The standard InChI is InChI=1S/C17H24N2O2S/c1-17(2,3)16-19-10-14(22-16)9-18-11-15(20)12-5-7-13(21-4)8-6-12/h5-8,10,15,18,20H,9,11H2,1-4H3. The summed E-state index contributed by atoms with van der Waals surface area (Å²) in [7, 11) is 1.63. The molecule has 1 aromatic carbocycles. The molecule has 2 N–H and O–H groups in total. The van der Waals surface area contributed by atoms with E-state index in [0.29, 0.717) is 6.54 Å². The van der Waals surface area contributed by atoms with Crippen molar-refractivity contribution in [2.45, 2.75) is 38.8 Å². The topological polar surface area (TPSA) is 54.4 Å². The largest absolute Gasteiger partial charge is 0.497 e. The lowest BCUT2D eigenvalue weighted by molar-refractivity contribution is 0.174. The van der Waals surface area contributed by atoms with Gasteiger partial charge in [-0.05, 0) is 17.7 Å². The number of aliphatic hydroxyl groups is 1. The first-order chi connectivity index (χ1) is 10.4. The van der Waals surface area contributed by atoms with Gasteiger partial charge in [-0.25, -0.2) is 4.98 Å². The zero-order valence-corrected chi connectivity index (χ0v) is 14.4. The van der Waals surface area contributed by atoms with E-state index in [-0.39, 0.29) is 5.41 Å². The number of aliphatic hydroxyl groups excluding tert-OH is 1. The Hall–Kier alpha value is -1.43. The van der Waals surface area contributed by atoms with Gasteiger partial charge in [-0.1, -0.05) is 32.9 Å². The van der Waals surface area contributed by atoms with Crippen LogP contribution in [-0.2, 0) is 12.0 Å². The molecule has 5 heteroatoms. The summed E-state index contributed by atoms with van der Waals surface area (Å²) >= 11 is 1.72. The number of hydrogen-bond donors (Lipinski definition) is 2. The van der Waals surface area contributed by atoms with E-state index in [2.05, 4.69) is 31.1 Å². The van der Waals surface area contributed by atoms with E-state index in [0.717, 1.165) is 22.9 Å². The summed E-state index contributed by atoms with van der Waals surface area (Å²) in [5.74, 6) is 0.795. The van der Waals surface area contributed by atoms with Crippen molar-refractivity contribution in [3.05, 3.63) is 45.9 Å². The highest BCUT2D eigenvalue weighted by Gasteiger charge is 2.17. The fraction of sp³-hybridized carbons (Fsp3) is 0.471. The van der Waals surface area contributed by atoms with Gasteiger partial charge in [0, 0.05) is 29.6 Å². The summed E-state index contributed by atoms with van der Waals surface area (Å²) in [6, 6.07) is 7.49. The van der Waals surface area contributed by atoms with E-state index in [4.69, 9.17) is 4.74 Å². The van der Waals surface area contributed by atoms with Crippen LogP contribution in [0.25, 0.3) is 0 Å². The zero-order valence-electron chi connectivity index (χ0n) is 13.6. The quantitative estimate of drug-likeness (QED) is 0.858. The second kappa shape index (κ2) is 7.22. The Bertz CT molecular complexity index is 587. The molecule has 1 aromatic heterocycles. The number of nitrogens with zero attached hydrogens (tertiary/aromatic N) is 1. The Morgan fingerprint density at radius 2 is 1.95 bits per heavy atom. The fourth-order valence-corrected chi connectivity index (χ4v) is 2.95. The molecule has 2 rings (SSSR count). The summed E-state index contributed by atoms with van der Waals surface area (Å²) in [5, 5.41) is 14.6. The third-order valence-corrected chi connectivity index (χ3v) is 4.76. The highest BCUT2D eigenvalue weighted by Crippen LogP contribution is 2.26. The van der Waals surface area contributed by atoms with Gasteiger partial charge in [0.25, 0.3) is 0 Å². The van der Waals surface area contributed by atoms with Crippen LogP contribution < -0.4 is 10.1 Å². The van der Waals surface area contributed by atoms with Crippen LogP contribution in [0.15, 0.2) is 30.5 Å². The molecular formula is C17H24N2O2S. The van der Waals surface area contributed by atoms with Crippen LogP contribution in [0.5, 0.6) is 5.75 Å². The number of hydrogen-bond acceptors (Lipinski definition) is 5. The first kappa shape index (κ1) is 16.9. The number of rotatable bonds is 6. The highest BCUT2D eigenvalue weighted by molar-refractivity contribution is 7.11. The van der Waals surface area contributed by atoms with Crippen LogP contribution in [0.3, 0.4) is 0 Å². The normalized spacial score (nSPS) is 13.1. The van der Waals surface area contributed by atoms with Crippen LogP contribution in [0.4, 0.5) is 0 Å². The van der Waals surface area contributed by atoms with Crippen molar-refractivity contribution in [2.24, 2.45) is 0 Å². The molecule has 1 unspecified atom stereocenters. The van der Waals surface area contributed by atoms with Gasteiger partial charge in [-0.2, -0.15) is 0 Å². The number of aromatic nitrogens is 1. The van der Waals surface area contributed by atoms with Crippen LogP contribution >= 0.6 is 11.3 Å². The summed E-state index contributed by atoms with van der Waals surface area (Å²) in [6.07, 6.45) is 1.39. The average molecular weight is 320 g/mol. The second-order valence-electron chi connectivity index (χ2n) is 6.30. The van der Waals surface area contributed by atoms with E-state index in [9.17, 15) is 5.11 Å². The number of ether oxygens (including phenoxy) is 1. The predicted octanol–water partition coefficient (Wildman–Crippen LogP) is 3.27. The van der Waals surface area contributed by atoms with Gasteiger partial charge in [-0.15, -0.1) is 11.3 Å². The Morgan fingerprint density at radius 3 is 2.50 bits per heavy atom. The monoisotopic (exact) mass is 320 g/mol. The molecular weight excluding hydrogens is 296 g/mol.